The van der Waals surface area contributed by atoms with Gasteiger partial charge in [-0.25, -0.2) is 18.1 Å². The van der Waals surface area contributed by atoms with Gasteiger partial charge in [-0.05, 0) is 18.6 Å². The summed E-state index contributed by atoms with van der Waals surface area (Å²) in [5.41, 5.74) is 1.04. The van der Waals surface area contributed by atoms with Gasteiger partial charge in [-0.2, -0.15) is 0 Å². The first-order valence-electron chi connectivity index (χ1n) is 7.57. The summed E-state index contributed by atoms with van der Waals surface area (Å²) >= 11 is 0. The highest BCUT2D eigenvalue weighted by atomic mass is 32.2. The molecule has 0 radical (unpaired) electrons. The van der Waals surface area contributed by atoms with Gasteiger partial charge in [0.1, 0.15) is 5.82 Å². The first-order valence-corrected chi connectivity index (χ1v) is 9.22. The number of hydrogen-bond acceptors (Lipinski definition) is 5. The number of hydrogen-bond donors (Lipinski definition) is 1. The van der Waals surface area contributed by atoms with E-state index in [2.05, 4.69) is 9.71 Å². The number of imidazole rings is 1. The normalized spacial score (nSPS) is 12.0. The lowest BCUT2D eigenvalue weighted by Crippen LogP contribution is -2.29. The molecule has 0 saturated carbocycles. The zero-order valence-electron chi connectivity index (χ0n) is 13.3. The molecule has 0 saturated heterocycles. The number of aryl methyl sites for hydroxylation is 1. The summed E-state index contributed by atoms with van der Waals surface area (Å²) in [4.78, 5) is 4.36. The molecule has 0 aliphatic rings. The highest BCUT2D eigenvalue weighted by Crippen LogP contribution is 2.07. The molecule has 7 nitrogen and oxygen atoms in total. The number of nitrogens with one attached hydrogen (secondary N) is 1. The molecule has 2 aromatic rings. The van der Waals surface area contributed by atoms with Gasteiger partial charge < -0.3 is 13.9 Å². The van der Waals surface area contributed by atoms with Crippen molar-refractivity contribution in [2.45, 2.75) is 12.8 Å². The second kappa shape index (κ2) is 8.97. The van der Waals surface area contributed by atoms with Crippen molar-refractivity contribution in [2.75, 3.05) is 39.2 Å². The Morgan fingerprint density at radius 3 is 2.96 bits per heavy atom. The minimum Gasteiger partial charge on any atom is -0.382 e. The number of aromatic nitrogens is 2. The predicted molar refractivity (Wildman–Crippen MR) is 88.0 cm³/mol. The Morgan fingerprint density at radius 2 is 2.13 bits per heavy atom. The summed E-state index contributed by atoms with van der Waals surface area (Å²) in [6.07, 6.45) is 5.18. The maximum absolute atomic E-state index is 11.8. The van der Waals surface area contributed by atoms with Crippen molar-refractivity contribution in [3.8, 4) is 0 Å². The Balaban J connectivity index is 1.68. The van der Waals surface area contributed by atoms with Gasteiger partial charge in [0.2, 0.25) is 10.0 Å². The molecule has 0 aliphatic carbocycles. The molecule has 23 heavy (non-hydrogen) atoms. The molecule has 0 spiro atoms. The first-order chi connectivity index (χ1) is 11.1. The molecule has 0 aromatic carbocycles. The Labute approximate surface area is 136 Å². The molecule has 2 rings (SSSR count). The Kier molecular flexibility index (Phi) is 6.97. The fourth-order valence-electron chi connectivity index (χ4n) is 2.14. The SMILES string of the molecule is COCCOCCS(=O)(=O)NCCCc1ncc2ccccn12. The van der Waals surface area contributed by atoms with Crippen LogP contribution in [0.25, 0.3) is 5.52 Å². The van der Waals surface area contributed by atoms with Crippen molar-refractivity contribution in [1.29, 1.82) is 0 Å². The maximum atomic E-state index is 11.8. The van der Waals surface area contributed by atoms with Gasteiger partial charge in [-0.1, -0.05) is 6.07 Å². The summed E-state index contributed by atoms with van der Waals surface area (Å²) < 4.78 is 38.2. The third-order valence-corrected chi connectivity index (χ3v) is 4.69. The van der Waals surface area contributed by atoms with E-state index in [0.717, 1.165) is 11.3 Å². The van der Waals surface area contributed by atoms with E-state index in [4.69, 9.17) is 9.47 Å². The van der Waals surface area contributed by atoms with Crippen LogP contribution in [0.15, 0.2) is 30.6 Å². The van der Waals surface area contributed by atoms with E-state index in [-0.39, 0.29) is 12.4 Å². The summed E-state index contributed by atoms with van der Waals surface area (Å²) in [5.74, 6) is 0.894. The topological polar surface area (TPSA) is 81.9 Å². The fraction of sp³-hybridized carbons (Fsp3) is 0.533. The van der Waals surface area contributed by atoms with Crippen LogP contribution >= 0.6 is 0 Å². The van der Waals surface area contributed by atoms with E-state index in [0.29, 0.717) is 32.6 Å². The van der Waals surface area contributed by atoms with Crippen LogP contribution in [0.3, 0.4) is 0 Å². The van der Waals surface area contributed by atoms with Crippen LogP contribution in [0, 0.1) is 0 Å². The smallest absolute Gasteiger partial charge is 0.213 e. The monoisotopic (exact) mass is 341 g/mol. The molecule has 0 amide bonds. The number of methoxy groups -OCH3 is 1. The highest BCUT2D eigenvalue weighted by molar-refractivity contribution is 7.89. The average molecular weight is 341 g/mol. The van der Waals surface area contributed by atoms with Crippen molar-refractivity contribution in [3.63, 3.8) is 0 Å². The molecule has 1 N–H and O–H groups in total. The summed E-state index contributed by atoms with van der Waals surface area (Å²) in [6, 6.07) is 5.90. The number of fused-ring (bicyclic) bond motifs is 1. The number of pyridine rings is 1. The van der Waals surface area contributed by atoms with Crippen molar-refractivity contribution < 1.29 is 17.9 Å². The van der Waals surface area contributed by atoms with E-state index in [1.165, 1.54) is 0 Å². The van der Waals surface area contributed by atoms with Gasteiger partial charge in [0.05, 0.1) is 37.3 Å². The molecule has 0 atom stereocenters. The average Bonchev–Trinajstić information content (AvgIpc) is 2.95. The largest absolute Gasteiger partial charge is 0.382 e. The molecular formula is C15H23N3O4S. The molecule has 0 aliphatic heterocycles. The second-order valence-electron chi connectivity index (χ2n) is 5.09. The summed E-state index contributed by atoms with van der Waals surface area (Å²) in [6.45, 7) is 1.43. The third kappa shape index (κ3) is 5.91. The third-order valence-electron chi connectivity index (χ3n) is 3.34. The zero-order chi connectivity index (χ0) is 16.5. The zero-order valence-corrected chi connectivity index (χ0v) is 14.1. The van der Waals surface area contributed by atoms with Gasteiger partial charge in [0.15, 0.2) is 0 Å². The van der Waals surface area contributed by atoms with Crippen molar-refractivity contribution in [3.05, 3.63) is 36.4 Å². The maximum Gasteiger partial charge on any atom is 0.213 e. The molecule has 0 unspecified atom stereocenters. The fourth-order valence-corrected chi connectivity index (χ4v) is 3.08. The van der Waals surface area contributed by atoms with E-state index in [1.54, 1.807) is 7.11 Å². The molecule has 2 aromatic heterocycles. The number of sulfonamides is 1. The van der Waals surface area contributed by atoms with E-state index in [1.807, 2.05) is 35.0 Å². The van der Waals surface area contributed by atoms with Crippen LogP contribution in [0.2, 0.25) is 0 Å². The van der Waals surface area contributed by atoms with Gasteiger partial charge in [0, 0.05) is 26.3 Å². The second-order valence-corrected chi connectivity index (χ2v) is 7.02. The van der Waals surface area contributed by atoms with Gasteiger partial charge >= 0.3 is 0 Å². The van der Waals surface area contributed by atoms with Crippen LogP contribution < -0.4 is 4.72 Å². The van der Waals surface area contributed by atoms with Crippen molar-refractivity contribution in [1.82, 2.24) is 14.1 Å². The van der Waals surface area contributed by atoms with Crippen molar-refractivity contribution >= 4 is 15.5 Å². The number of nitrogens with zero attached hydrogens (tertiary/aromatic N) is 2. The van der Waals surface area contributed by atoms with E-state index in [9.17, 15) is 8.42 Å². The van der Waals surface area contributed by atoms with E-state index >= 15 is 0 Å². The Hall–Kier alpha value is -1.48. The van der Waals surface area contributed by atoms with Gasteiger partial charge in [-0.3, -0.25) is 0 Å². The lowest BCUT2D eigenvalue weighted by Gasteiger charge is -2.07. The lowest BCUT2D eigenvalue weighted by molar-refractivity contribution is 0.0784. The minimum absolute atomic E-state index is 0.0387. The standard InChI is InChI=1S/C15H23N3O4S/c1-21-9-10-22-11-12-23(19,20)17-7-4-6-15-16-13-14-5-2-3-8-18(14)15/h2-3,5,8,13,17H,4,6-7,9-12H2,1H3. The molecule has 0 fully saturated rings. The molecule has 8 heteroatoms. The Bertz CT molecular complexity index is 700. The van der Waals surface area contributed by atoms with Crippen LogP contribution in [-0.2, 0) is 25.9 Å². The molecule has 128 valence electrons. The summed E-state index contributed by atoms with van der Waals surface area (Å²) in [5, 5.41) is 0. The van der Waals surface area contributed by atoms with Gasteiger partial charge in [0.25, 0.3) is 0 Å². The van der Waals surface area contributed by atoms with Crippen LogP contribution in [-0.4, -0.2) is 57.0 Å². The summed E-state index contributed by atoms with van der Waals surface area (Å²) in [7, 11) is -1.72. The quantitative estimate of drug-likeness (QED) is 0.613. The Morgan fingerprint density at radius 1 is 1.26 bits per heavy atom. The van der Waals surface area contributed by atoms with Crippen LogP contribution in [0.5, 0.6) is 0 Å². The van der Waals surface area contributed by atoms with Crippen LogP contribution in [0.1, 0.15) is 12.2 Å². The number of rotatable bonds is 11. The van der Waals surface area contributed by atoms with Crippen molar-refractivity contribution in [2.24, 2.45) is 0 Å². The van der Waals surface area contributed by atoms with Crippen LogP contribution in [0.4, 0.5) is 0 Å². The first kappa shape index (κ1) is 17.9. The van der Waals surface area contributed by atoms with Gasteiger partial charge in [-0.15, -0.1) is 0 Å². The lowest BCUT2D eigenvalue weighted by atomic mass is 10.3. The van der Waals surface area contributed by atoms with E-state index < -0.39 is 10.0 Å². The molecule has 0 bridgehead atoms. The molecule has 2 heterocycles. The molecular weight excluding hydrogens is 318 g/mol. The number of ether oxygens (including phenoxy) is 2. The minimum atomic E-state index is -3.30. The predicted octanol–water partition coefficient (Wildman–Crippen LogP) is 0.849. The highest BCUT2D eigenvalue weighted by Gasteiger charge is 2.10.